The van der Waals surface area contributed by atoms with Gasteiger partial charge in [0.15, 0.2) is 0 Å². The molecule has 6 N–H and O–H groups in total. The summed E-state index contributed by atoms with van der Waals surface area (Å²) in [5.74, 6) is -2.94. The van der Waals surface area contributed by atoms with Gasteiger partial charge in [-0.15, -0.1) is 0 Å². The Morgan fingerprint density at radius 2 is 0.667 bits per heavy atom. The average molecular weight is 345 g/mol. The zero-order valence-electron chi connectivity index (χ0n) is 12.1. The zero-order valence-corrected chi connectivity index (χ0v) is 12.1. The third-order valence-corrected chi connectivity index (χ3v) is 0.524. The van der Waals surface area contributed by atoms with Gasteiger partial charge >= 0.3 is 17.9 Å². The molecule has 0 aromatic rings. The van der Waals surface area contributed by atoms with Crippen LogP contribution in [-0.4, -0.2) is 48.5 Å². The van der Waals surface area contributed by atoms with Gasteiger partial charge < -0.3 is 30.6 Å². The van der Waals surface area contributed by atoms with E-state index in [-0.39, 0.29) is 0 Å². The van der Waals surface area contributed by atoms with Gasteiger partial charge in [0.25, 0.3) is 18.8 Å². The van der Waals surface area contributed by atoms with Crippen molar-refractivity contribution >= 4 is 17.9 Å². The van der Waals surface area contributed by atoms with E-state index in [0.29, 0.717) is 0 Å². The molecule has 12 nitrogen and oxygen atoms in total. The Kier molecular flexibility index (Phi) is 78.4. The van der Waals surface area contributed by atoms with Gasteiger partial charge in [0, 0.05) is 18.2 Å². The van der Waals surface area contributed by atoms with Gasteiger partial charge in [-0.2, -0.15) is 15.8 Å². The summed E-state index contributed by atoms with van der Waals surface area (Å²) in [4.78, 5) is 27.8. The Morgan fingerprint density at radius 3 is 0.667 bits per heavy atom. The molecule has 0 aromatic carbocycles. The fraction of sp³-hybridized carbons (Fsp3) is 0. The minimum absolute atomic E-state index is 0.750. The average Bonchev–Trinajstić information content (AvgIpc) is 2.50. The molecule has 0 aliphatic carbocycles. The van der Waals surface area contributed by atoms with Gasteiger partial charge in [0.1, 0.15) is 0 Å². The normalized spacial score (nSPS) is 4.88. The predicted octanol–water partition coefficient (Wildman–Crippen LogP) is 0.291. The molecule has 0 aromatic heterocycles. The summed E-state index contributed by atoms with van der Waals surface area (Å²) in [6.45, 7) is 8.88. The van der Waals surface area contributed by atoms with Gasteiger partial charge in [-0.3, -0.25) is 0 Å². The maximum atomic E-state index is 9.25. The van der Waals surface area contributed by atoms with Gasteiger partial charge in [0.2, 0.25) is 0 Å². The number of aliphatic carboxylic acids is 3. The predicted molar refractivity (Wildman–Crippen MR) is 76.1 cm³/mol. The van der Waals surface area contributed by atoms with Crippen LogP contribution in [0.5, 0.6) is 0 Å². The Hall–Kier alpha value is -4.50. The number of carboxylic acid groups (broad SMARTS) is 3. The summed E-state index contributed by atoms with van der Waals surface area (Å²) >= 11 is 0. The monoisotopic (exact) mass is 345 g/mol. The standard InChI is InChI=1S/3C3H4O2.3CHNO/c3*1-2-3(4)5;3*2-1-3/h3*2H,1H2,(H,4,5);3*3H. The summed E-state index contributed by atoms with van der Waals surface area (Å²) < 4.78 is 0. The van der Waals surface area contributed by atoms with Crippen LogP contribution >= 0.6 is 0 Å². The maximum Gasteiger partial charge on any atom is 0.327 e. The molecule has 0 heterocycles. The van der Waals surface area contributed by atoms with E-state index in [2.05, 4.69) is 19.7 Å². The number of hydrogen-bond acceptors (Lipinski definition) is 9. The van der Waals surface area contributed by atoms with Gasteiger partial charge in [-0.05, 0) is 0 Å². The number of carboxylic acids is 3. The largest absolute Gasteiger partial charge is 0.478 e. The molecule has 0 rings (SSSR count). The van der Waals surface area contributed by atoms with Crippen molar-refractivity contribution < 1.29 is 45.0 Å². The second-order valence-corrected chi connectivity index (χ2v) is 1.93. The molecular weight excluding hydrogens is 330 g/mol. The van der Waals surface area contributed by atoms with E-state index >= 15 is 0 Å². The first kappa shape index (κ1) is 36.6. The summed E-state index contributed by atoms with van der Waals surface area (Å²) in [5, 5.41) is 64.1. The molecule has 0 amide bonds. The first-order chi connectivity index (χ1) is 11.1. The number of nitriles is 3. The lowest BCUT2D eigenvalue weighted by Crippen LogP contribution is -1.82. The first-order valence-corrected chi connectivity index (χ1v) is 4.72. The summed E-state index contributed by atoms with van der Waals surface area (Å²) in [5.41, 5.74) is 0. The lowest BCUT2D eigenvalue weighted by molar-refractivity contribution is -0.132. The van der Waals surface area contributed by atoms with E-state index in [4.69, 9.17) is 46.4 Å². The number of rotatable bonds is 3. The van der Waals surface area contributed by atoms with Crippen molar-refractivity contribution in [3.05, 3.63) is 38.0 Å². The minimum atomic E-state index is -0.981. The van der Waals surface area contributed by atoms with Crippen molar-refractivity contribution in [2.24, 2.45) is 0 Å². The van der Waals surface area contributed by atoms with Gasteiger partial charge in [0.05, 0.1) is 0 Å². The molecule has 0 saturated heterocycles. The number of carbonyl (C=O) groups is 3. The molecule has 0 radical (unpaired) electrons. The molecule has 0 aliphatic heterocycles. The van der Waals surface area contributed by atoms with Crippen molar-refractivity contribution in [3.8, 4) is 18.8 Å². The Balaban J connectivity index is -0.0000000413. The quantitative estimate of drug-likeness (QED) is 0.298. The summed E-state index contributed by atoms with van der Waals surface area (Å²) in [7, 11) is 0. The second-order valence-electron chi connectivity index (χ2n) is 1.93. The van der Waals surface area contributed by atoms with Crippen LogP contribution in [-0.2, 0) is 14.4 Å². The second kappa shape index (κ2) is 51.4. The Bertz CT molecular complexity index is 410. The molecule has 132 valence electrons. The highest BCUT2D eigenvalue weighted by molar-refractivity contribution is 5.79. The molecule has 0 aliphatic rings. The molecule has 24 heavy (non-hydrogen) atoms. The maximum absolute atomic E-state index is 9.25. The van der Waals surface area contributed by atoms with E-state index in [9.17, 15) is 14.4 Å². The van der Waals surface area contributed by atoms with E-state index in [1.165, 1.54) is 0 Å². The van der Waals surface area contributed by atoms with Crippen molar-refractivity contribution in [1.82, 2.24) is 0 Å². The van der Waals surface area contributed by atoms with Crippen LogP contribution in [0, 0.1) is 34.6 Å². The SMILES string of the molecule is C=CC(=O)O.C=CC(=O)O.C=CC(=O)O.N#CO.N#CO.N#CO. The third-order valence-electron chi connectivity index (χ3n) is 0.524. The fourth-order valence-corrected chi connectivity index (χ4v) is 0. The highest BCUT2D eigenvalue weighted by Crippen LogP contribution is 1.55. The molecular formula is C12H15N3O9. The van der Waals surface area contributed by atoms with E-state index in [1.54, 1.807) is 0 Å². The molecule has 0 spiro atoms. The van der Waals surface area contributed by atoms with E-state index in [1.807, 2.05) is 0 Å². The topological polar surface area (TPSA) is 244 Å². The number of aliphatic hydroxyl groups excluding tert-OH is 3. The lowest BCUT2D eigenvalue weighted by Gasteiger charge is -1.64. The van der Waals surface area contributed by atoms with Crippen LogP contribution in [0.4, 0.5) is 0 Å². The minimum Gasteiger partial charge on any atom is -0.478 e. The highest BCUT2D eigenvalue weighted by Gasteiger charge is 1.74. The highest BCUT2D eigenvalue weighted by atomic mass is 16.4. The molecule has 0 atom stereocenters. The van der Waals surface area contributed by atoms with Crippen molar-refractivity contribution in [1.29, 1.82) is 15.8 Å². The molecule has 0 fully saturated rings. The van der Waals surface area contributed by atoms with Crippen LogP contribution in [0.3, 0.4) is 0 Å². The molecule has 0 saturated carbocycles. The first-order valence-electron chi connectivity index (χ1n) is 4.72. The third kappa shape index (κ3) is 2120. The van der Waals surface area contributed by atoms with E-state index < -0.39 is 17.9 Å². The van der Waals surface area contributed by atoms with Crippen molar-refractivity contribution in [2.45, 2.75) is 0 Å². The number of hydrogen-bond donors (Lipinski definition) is 6. The molecule has 0 unspecified atom stereocenters. The van der Waals surface area contributed by atoms with Crippen LogP contribution < -0.4 is 0 Å². The molecule has 0 bridgehead atoms. The zero-order chi connectivity index (χ0) is 21.0. The number of nitrogens with zero attached hydrogens (tertiary/aromatic N) is 3. The Labute approximate surface area is 136 Å². The summed E-state index contributed by atoms with van der Waals surface area (Å²) in [6, 6.07) is 0. The van der Waals surface area contributed by atoms with Crippen LogP contribution in [0.2, 0.25) is 0 Å². The Morgan fingerprint density at radius 1 is 0.625 bits per heavy atom. The van der Waals surface area contributed by atoms with Crippen LogP contribution in [0.25, 0.3) is 0 Å². The van der Waals surface area contributed by atoms with E-state index in [0.717, 1.165) is 37.0 Å². The van der Waals surface area contributed by atoms with Gasteiger partial charge in [-0.1, -0.05) is 19.7 Å². The van der Waals surface area contributed by atoms with Crippen LogP contribution in [0.15, 0.2) is 38.0 Å². The van der Waals surface area contributed by atoms with Crippen molar-refractivity contribution in [2.75, 3.05) is 0 Å². The van der Waals surface area contributed by atoms with Gasteiger partial charge in [-0.25, -0.2) is 14.4 Å². The number of aliphatic hydroxyl groups is 3. The summed E-state index contributed by atoms with van der Waals surface area (Å²) in [6.07, 6.45) is 4.75. The lowest BCUT2D eigenvalue weighted by atomic mass is 10.7. The smallest absolute Gasteiger partial charge is 0.327 e. The molecule has 12 heteroatoms. The van der Waals surface area contributed by atoms with Crippen molar-refractivity contribution in [3.63, 3.8) is 0 Å². The van der Waals surface area contributed by atoms with Crippen LogP contribution in [0.1, 0.15) is 0 Å². The fourth-order valence-electron chi connectivity index (χ4n) is 0.